The van der Waals surface area contributed by atoms with Gasteiger partial charge >= 0.3 is 11.9 Å². The Morgan fingerprint density at radius 3 is 2.38 bits per heavy atom. The lowest BCUT2D eigenvalue weighted by Crippen LogP contribution is -2.36. The van der Waals surface area contributed by atoms with Gasteiger partial charge in [0, 0.05) is 6.54 Å². The summed E-state index contributed by atoms with van der Waals surface area (Å²) in [6.07, 6.45) is 2.60. The Labute approximate surface area is 229 Å². The van der Waals surface area contributed by atoms with Crippen molar-refractivity contribution in [3.63, 3.8) is 0 Å². The van der Waals surface area contributed by atoms with E-state index in [-0.39, 0.29) is 39.1 Å². The smallest absolute Gasteiger partial charge is 0.344 e. The van der Waals surface area contributed by atoms with Crippen molar-refractivity contribution in [2.75, 3.05) is 17.5 Å². The molecule has 0 aromatic heterocycles. The van der Waals surface area contributed by atoms with Crippen LogP contribution < -0.4 is 4.31 Å². The predicted molar refractivity (Wildman–Crippen MR) is 145 cm³/mol. The van der Waals surface area contributed by atoms with Gasteiger partial charge in [-0.25, -0.2) is 18.0 Å². The molecular weight excluding hydrogens is 537 g/mol. The van der Waals surface area contributed by atoms with E-state index in [1.807, 2.05) is 0 Å². The molecule has 0 saturated heterocycles. The molecule has 3 unspecified atom stereocenters. The molecule has 0 radical (unpaired) electrons. The molecule has 3 rings (SSSR count). The second kappa shape index (κ2) is 12.5. The van der Waals surface area contributed by atoms with Crippen molar-refractivity contribution in [1.29, 1.82) is 0 Å². The van der Waals surface area contributed by atoms with Crippen LogP contribution >= 0.6 is 23.2 Å². The van der Waals surface area contributed by atoms with Gasteiger partial charge in [0.05, 0.1) is 21.3 Å². The van der Waals surface area contributed by atoms with Crippen molar-refractivity contribution < 1.29 is 27.5 Å². The summed E-state index contributed by atoms with van der Waals surface area (Å²) in [5.41, 5.74) is 0.229. The van der Waals surface area contributed by atoms with Gasteiger partial charge in [-0.1, -0.05) is 68.6 Å². The van der Waals surface area contributed by atoms with Crippen LogP contribution in [0.2, 0.25) is 10.0 Å². The number of hydrogen-bond donors (Lipinski definition) is 0. The van der Waals surface area contributed by atoms with Crippen LogP contribution in [0.15, 0.2) is 47.4 Å². The molecule has 1 fully saturated rings. The first-order valence-corrected chi connectivity index (χ1v) is 14.6. The lowest BCUT2D eigenvalue weighted by molar-refractivity contribution is -0.159. The van der Waals surface area contributed by atoms with Crippen LogP contribution in [0.25, 0.3) is 0 Å². The minimum absolute atomic E-state index is 0.0916. The molecule has 202 valence electrons. The number of hydrogen-bond acceptors (Lipinski definition) is 6. The predicted octanol–water partition coefficient (Wildman–Crippen LogP) is 6.37. The van der Waals surface area contributed by atoms with Gasteiger partial charge in [-0.15, -0.1) is 0 Å². The Bertz CT molecular complexity index is 1220. The molecule has 0 amide bonds. The van der Waals surface area contributed by atoms with Gasteiger partial charge in [0.15, 0.2) is 6.61 Å². The molecule has 1 aliphatic rings. The monoisotopic (exact) mass is 569 g/mol. The molecule has 37 heavy (non-hydrogen) atoms. The Morgan fingerprint density at radius 2 is 1.76 bits per heavy atom. The highest BCUT2D eigenvalue weighted by Gasteiger charge is 2.34. The van der Waals surface area contributed by atoms with Crippen LogP contribution in [-0.2, 0) is 24.3 Å². The van der Waals surface area contributed by atoms with Crippen molar-refractivity contribution in [3.8, 4) is 0 Å². The summed E-state index contributed by atoms with van der Waals surface area (Å²) in [4.78, 5) is 25.0. The first kappa shape index (κ1) is 29.3. The zero-order chi connectivity index (χ0) is 27.3. The number of ether oxygens (including phenoxy) is 2. The summed E-state index contributed by atoms with van der Waals surface area (Å²) >= 11 is 12.5. The number of benzene rings is 2. The van der Waals surface area contributed by atoms with E-state index in [1.54, 1.807) is 37.3 Å². The van der Waals surface area contributed by atoms with Crippen LogP contribution in [0.1, 0.15) is 57.3 Å². The summed E-state index contributed by atoms with van der Waals surface area (Å²) in [6.45, 7) is 7.55. The number of anilines is 1. The summed E-state index contributed by atoms with van der Waals surface area (Å²) in [5.74, 6) is -0.546. The molecule has 0 bridgehead atoms. The van der Waals surface area contributed by atoms with E-state index in [2.05, 4.69) is 20.8 Å². The average Bonchev–Trinajstić information content (AvgIpc) is 2.83. The highest BCUT2D eigenvalue weighted by Crippen LogP contribution is 2.36. The molecule has 0 spiro atoms. The Balaban J connectivity index is 1.76. The summed E-state index contributed by atoms with van der Waals surface area (Å²) in [5, 5.41) is -0.229. The fraction of sp³-hybridized carbons (Fsp3) is 0.481. The van der Waals surface area contributed by atoms with E-state index in [9.17, 15) is 18.0 Å². The van der Waals surface area contributed by atoms with Gasteiger partial charge in [0.1, 0.15) is 11.0 Å². The summed E-state index contributed by atoms with van der Waals surface area (Å²) in [6, 6.07) is 10.8. The second-order valence-electron chi connectivity index (χ2n) is 9.70. The highest BCUT2D eigenvalue weighted by atomic mass is 35.5. The molecule has 10 heteroatoms. The lowest BCUT2D eigenvalue weighted by Gasteiger charge is -2.36. The third-order valence-electron chi connectivity index (χ3n) is 6.71. The third-order valence-corrected chi connectivity index (χ3v) is 9.39. The van der Waals surface area contributed by atoms with Crippen LogP contribution in [0.3, 0.4) is 0 Å². The molecule has 1 aliphatic carbocycles. The normalized spacial score (nSPS) is 19.9. The summed E-state index contributed by atoms with van der Waals surface area (Å²) < 4.78 is 38.9. The maximum atomic E-state index is 13.4. The standard InChI is InChI=1S/C27H33Cl2NO6S/c1-5-30(19-9-7-6-8-10-19)37(33,34)25-14-21(22(28)15-23(25)29)27(32)35-16-26(31)36-24-13-18(4)11-12-20(24)17(2)3/h6-10,14-15,17-18,20,24H,5,11-13,16H2,1-4H3. The highest BCUT2D eigenvalue weighted by molar-refractivity contribution is 7.93. The number of nitrogens with zero attached hydrogens (tertiary/aromatic N) is 1. The molecule has 2 aromatic rings. The van der Waals surface area contributed by atoms with Crippen LogP contribution in [-0.4, -0.2) is 39.6 Å². The van der Waals surface area contributed by atoms with E-state index in [0.717, 1.165) is 25.3 Å². The van der Waals surface area contributed by atoms with Gasteiger partial charge in [0.2, 0.25) is 0 Å². The summed E-state index contributed by atoms with van der Waals surface area (Å²) in [7, 11) is -4.13. The van der Waals surface area contributed by atoms with E-state index < -0.39 is 28.6 Å². The first-order valence-electron chi connectivity index (χ1n) is 12.4. The molecule has 0 N–H and O–H groups in total. The van der Waals surface area contributed by atoms with Gasteiger partial charge in [-0.3, -0.25) is 4.31 Å². The van der Waals surface area contributed by atoms with E-state index >= 15 is 0 Å². The molecule has 3 atom stereocenters. The van der Waals surface area contributed by atoms with Crippen LogP contribution in [0.4, 0.5) is 5.69 Å². The molecular formula is C27H33Cl2NO6S. The van der Waals surface area contributed by atoms with Crippen molar-refractivity contribution >= 4 is 50.9 Å². The topological polar surface area (TPSA) is 90.0 Å². The molecule has 0 aliphatic heterocycles. The maximum Gasteiger partial charge on any atom is 0.344 e. The minimum atomic E-state index is -4.13. The third kappa shape index (κ3) is 6.98. The van der Waals surface area contributed by atoms with Crippen molar-refractivity contribution in [2.24, 2.45) is 17.8 Å². The number of carbonyl (C=O) groups excluding carboxylic acids is 2. The van der Waals surface area contributed by atoms with Crippen LogP contribution in [0, 0.1) is 17.8 Å². The Kier molecular flexibility index (Phi) is 9.89. The first-order chi connectivity index (χ1) is 17.4. The molecule has 7 nitrogen and oxygen atoms in total. The molecule has 0 heterocycles. The van der Waals surface area contributed by atoms with Crippen molar-refractivity contribution in [2.45, 2.75) is 58.0 Å². The number of sulfonamides is 1. The van der Waals surface area contributed by atoms with Gasteiger partial charge in [-0.2, -0.15) is 0 Å². The zero-order valence-electron chi connectivity index (χ0n) is 21.4. The van der Waals surface area contributed by atoms with Gasteiger partial charge < -0.3 is 9.47 Å². The number of rotatable bonds is 9. The largest absolute Gasteiger partial charge is 0.460 e. The van der Waals surface area contributed by atoms with Crippen molar-refractivity contribution in [1.82, 2.24) is 0 Å². The zero-order valence-corrected chi connectivity index (χ0v) is 23.8. The lowest BCUT2D eigenvalue weighted by atomic mass is 9.75. The number of esters is 2. The second-order valence-corrected chi connectivity index (χ2v) is 12.3. The van der Waals surface area contributed by atoms with Crippen LogP contribution in [0.5, 0.6) is 0 Å². The van der Waals surface area contributed by atoms with E-state index in [4.69, 9.17) is 32.7 Å². The van der Waals surface area contributed by atoms with Gasteiger partial charge in [0.25, 0.3) is 10.0 Å². The average molecular weight is 571 g/mol. The van der Waals surface area contributed by atoms with Crippen molar-refractivity contribution in [3.05, 3.63) is 58.1 Å². The molecule has 1 saturated carbocycles. The number of halogens is 2. The SMILES string of the molecule is CCN(c1ccccc1)S(=O)(=O)c1cc(C(=O)OCC(=O)OC2CC(C)CCC2C(C)C)c(Cl)cc1Cl. The Hall–Kier alpha value is -2.29. The van der Waals surface area contributed by atoms with E-state index in [1.165, 1.54) is 10.4 Å². The maximum absolute atomic E-state index is 13.4. The fourth-order valence-electron chi connectivity index (χ4n) is 4.74. The number of carbonyl (C=O) groups is 2. The number of para-hydroxylation sites is 1. The van der Waals surface area contributed by atoms with E-state index in [0.29, 0.717) is 17.5 Å². The molecule has 2 aromatic carbocycles. The van der Waals surface area contributed by atoms with Gasteiger partial charge in [-0.05, 0) is 61.8 Å². The quantitative estimate of drug-likeness (QED) is 0.326. The fourth-order valence-corrected chi connectivity index (χ4v) is 7.04. The Morgan fingerprint density at radius 1 is 1.08 bits per heavy atom. The minimum Gasteiger partial charge on any atom is -0.460 e.